The van der Waals surface area contributed by atoms with Crippen molar-refractivity contribution in [2.75, 3.05) is 74.5 Å². The summed E-state index contributed by atoms with van der Waals surface area (Å²) in [5, 5.41) is 56.8. The van der Waals surface area contributed by atoms with Crippen molar-refractivity contribution < 1.29 is 81.7 Å². The highest BCUT2D eigenvalue weighted by molar-refractivity contribution is 6.06. The molecule has 8 saturated carbocycles. The summed E-state index contributed by atoms with van der Waals surface area (Å²) in [6.07, 6.45) is 21.2. The molecule has 3 amide bonds. The molecule has 148 heavy (non-hydrogen) atoms. The van der Waals surface area contributed by atoms with Crippen molar-refractivity contribution in [1.29, 1.82) is 5.26 Å². The number of allylic oxidation sites excluding steroid dienone is 2. The molecule has 30 heteroatoms. The summed E-state index contributed by atoms with van der Waals surface area (Å²) in [7, 11) is 7.59. The van der Waals surface area contributed by atoms with Gasteiger partial charge in [0, 0.05) is 175 Å². The average molecular weight is 2030 g/mol. The zero-order chi connectivity index (χ0) is 106. The lowest BCUT2D eigenvalue weighted by Gasteiger charge is -2.59. The minimum Gasteiger partial charge on any atom is -0.515 e. The Morgan fingerprint density at radius 1 is 0.358 bits per heavy atom. The molecule has 7 N–H and O–H groups in total. The van der Waals surface area contributed by atoms with Gasteiger partial charge in [0.05, 0.1) is 94.2 Å². The van der Waals surface area contributed by atoms with Gasteiger partial charge in [0.25, 0.3) is 17.7 Å². The van der Waals surface area contributed by atoms with Crippen LogP contribution in [0.3, 0.4) is 0 Å². The Bertz CT molecular complexity index is 6380. The second-order valence-corrected chi connectivity index (χ2v) is 50.0. The Balaban J connectivity index is 0.000000117. The van der Waals surface area contributed by atoms with E-state index in [2.05, 4.69) is 119 Å². The van der Waals surface area contributed by atoms with Crippen molar-refractivity contribution in [2.45, 2.75) is 317 Å². The lowest BCUT2D eigenvalue weighted by atomic mass is 9.48. The van der Waals surface area contributed by atoms with Crippen molar-refractivity contribution in [3.8, 4) is 6.07 Å². The van der Waals surface area contributed by atoms with Crippen LogP contribution in [-0.4, -0.2) is 166 Å². The van der Waals surface area contributed by atoms with Crippen LogP contribution in [0.2, 0.25) is 0 Å². The van der Waals surface area contributed by atoms with Gasteiger partial charge in [-0.15, -0.1) is 0 Å². The number of nitrogens with one attached hydrogen (secondary N) is 3. The van der Waals surface area contributed by atoms with Gasteiger partial charge in [-0.1, -0.05) is 179 Å². The molecule has 16 aliphatic rings. The molecule has 4 aliphatic heterocycles. The number of ether oxygens (including phenoxy) is 8. The maximum absolute atomic E-state index is 12.9. The van der Waals surface area contributed by atoms with Gasteiger partial charge in [-0.3, -0.25) is 52.3 Å². The van der Waals surface area contributed by atoms with Crippen LogP contribution in [0.15, 0.2) is 115 Å². The molecule has 30 nitrogen and oxygen atoms in total. The number of aliphatic hydroxyl groups is 2. The van der Waals surface area contributed by atoms with E-state index in [1.165, 1.54) is 16.8 Å². The second-order valence-electron chi connectivity index (χ2n) is 50.0. The Morgan fingerprint density at radius 3 is 1.03 bits per heavy atom. The third kappa shape index (κ3) is 17.0. The third-order valence-corrected chi connectivity index (χ3v) is 40.6. The van der Waals surface area contributed by atoms with Crippen LogP contribution in [0, 0.1) is 96.1 Å². The molecule has 798 valence electrons. The number of benzene rings is 3. The maximum atomic E-state index is 12.9. The predicted octanol–water partition coefficient (Wildman–Crippen LogP) is 19.9. The van der Waals surface area contributed by atoms with Crippen LogP contribution in [0.25, 0.3) is 0 Å². The van der Waals surface area contributed by atoms with E-state index in [0.717, 1.165) is 180 Å². The summed E-state index contributed by atoms with van der Waals surface area (Å²) in [4.78, 5) is 88.9. The summed E-state index contributed by atoms with van der Waals surface area (Å²) >= 11 is 0. The molecule has 3 aromatic carbocycles. The maximum Gasteiger partial charge on any atom is 0.256 e. The fraction of sp³-hybridized carbons (Fsp3) is 0.644. The number of aryl methyl sites for hydroxylation is 4. The number of rotatable bonds is 6. The van der Waals surface area contributed by atoms with E-state index < -0.39 is 45.3 Å². The van der Waals surface area contributed by atoms with E-state index in [-0.39, 0.29) is 107 Å². The van der Waals surface area contributed by atoms with Crippen molar-refractivity contribution >= 4 is 64.1 Å². The van der Waals surface area contributed by atoms with E-state index in [1.54, 1.807) is 21.5 Å². The number of nitrogens with two attached hydrogens (primary N) is 1. The van der Waals surface area contributed by atoms with Crippen LogP contribution in [-0.2, 0) is 133 Å². The summed E-state index contributed by atoms with van der Waals surface area (Å²) < 4.78 is 55.8. The van der Waals surface area contributed by atoms with E-state index in [4.69, 9.17) is 64.0 Å². The molecular weight excluding hydrogens is 1870 g/mol. The minimum atomic E-state index is -0.579. The lowest BCUT2D eigenvalue weighted by Crippen LogP contribution is -2.62. The number of anilines is 4. The van der Waals surface area contributed by atoms with Crippen LogP contribution in [0.4, 0.5) is 23.3 Å². The smallest absolute Gasteiger partial charge is 0.256 e. The molecule has 23 rings (SSSR count). The van der Waals surface area contributed by atoms with Crippen molar-refractivity contribution in [1.82, 2.24) is 39.1 Å². The Hall–Kier alpha value is -10.4. The topological polar surface area (TPSA) is 391 Å². The lowest BCUT2D eigenvalue weighted by molar-refractivity contribution is -0.283. The highest BCUT2D eigenvalue weighted by atomic mass is 16.8. The van der Waals surface area contributed by atoms with Gasteiger partial charge in [0.15, 0.2) is 40.5 Å². The first-order valence-corrected chi connectivity index (χ1v) is 54.2. The van der Waals surface area contributed by atoms with Crippen LogP contribution in [0.5, 0.6) is 0 Å². The predicted molar refractivity (Wildman–Crippen MR) is 561 cm³/mol. The molecular formula is C118H159N13O17. The summed E-state index contributed by atoms with van der Waals surface area (Å²) in [5.74, 6) is 2.76. The molecule has 12 fully saturated rings. The average Bonchev–Trinajstić information content (AvgIpc) is 1.49. The number of aliphatic hydroxyl groups excluding tert-OH is 2. The van der Waals surface area contributed by atoms with Crippen molar-refractivity contribution in [2.24, 2.45) is 113 Å². The highest BCUT2D eigenvalue weighted by Crippen LogP contribution is 2.69. The number of fused-ring (bicyclic) bond motifs is 14. The van der Waals surface area contributed by atoms with E-state index in [0.29, 0.717) is 130 Å². The number of nitrogen functional groups attached to an aromatic ring is 1. The molecule has 1 unspecified atom stereocenters. The van der Waals surface area contributed by atoms with Crippen LogP contribution >= 0.6 is 0 Å². The zero-order valence-corrected chi connectivity index (χ0v) is 91.4. The van der Waals surface area contributed by atoms with Gasteiger partial charge in [-0.05, 0) is 187 Å². The standard InChI is InChI=1S/C24H31N3O3.C23H27N3O3.C22H27N3O2.C17H27N3O2.C16H23NO3.C16H24O4/c1-22(2)18-11-10-17-19(23(18,3)12-13-24(22)29-14-15-30-24)26-27(4)20(17)25-21(28)16-8-6-5-7-9-16;1-22(2)17-11-10-16-18(23(17,3)12-15(13-27)19(22)28)25-26(4)20(16)24-21(29)14-8-6-5-7-9-14;1-21(2)16-11-10-15-18(22(16,3)13-12-17(21)26)24-25(4)19(15)23-20(27)14-8-6-5-7-9-14;1-15(2)12-6-5-11-13(19-20(4)14(11)18)16(12,3)7-8-17(15)21-9-10-22-17;2*1-14(2)12-5-4-11(10-17)13(18)15(12,3)6-7-16(14)19-8-9-20-16/h5-9,18H,10-15H2,1-4H3,(H,25,28);5-9,13,17,27H,10-12H2,1-4H3,(H,24,29);5-9,16H,10-13H2,1-4H3,(H,23,27);12H,5-10,18H2,1-4H3;11-12H,4-9H2,1-3H3;10,12,17H,4-9H2,1-3H3/b;15-13-;;;;11-10+/t18-,23-;17-,23-;16-,22-;12-,16-;11?,12-,15-;12-,15-/m000000/s1. The summed E-state index contributed by atoms with van der Waals surface area (Å²) in [6.45, 7) is 44.5. The number of carbonyl (C=O) groups excluding carboxylic acids is 7. The molecule has 7 aromatic rings. The molecule has 0 radical (unpaired) electrons. The molecule has 12 aliphatic carbocycles. The highest BCUT2D eigenvalue weighted by Gasteiger charge is 2.71. The molecule has 13 atom stereocenters. The molecule has 8 heterocycles. The Kier molecular flexibility index (Phi) is 28.2. The number of nitriles is 1. The second kappa shape index (κ2) is 38.8. The van der Waals surface area contributed by atoms with Gasteiger partial charge in [0.1, 0.15) is 35.0 Å². The summed E-state index contributed by atoms with van der Waals surface area (Å²) in [5.41, 5.74) is 15.3. The van der Waals surface area contributed by atoms with Crippen molar-refractivity contribution in [3.63, 3.8) is 0 Å². The molecule has 4 aromatic heterocycles. The van der Waals surface area contributed by atoms with E-state index in [9.17, 15) is 49.0 Å². The molecule has 4 spiro atoms. The van der Waals surface area contributed by atoms with Crippen molar-refractivity contribution in [3.05, 3.63) is 176 Å². The monoisotopic (exact) mass is 2030 g/mol. The number of ketones is 4. The number of hydrogen-bond donors (Lipinski definition) is 6. The van der Waals surface area contributed by atoms with Gasteiger partial charge < -0.3 is 69.8 Å². The summed E-state index contributed by atoms with van der Waals surface area (Å²) in [6, 6.07) is 29.9. The quantitative estimate of drug-likeness (QED) is 0.0665. The third-order valence-electron chi connectivity index (χ3n) is 40.6. The number of amides is 3. The number of Topliss-reactive ketones (excluding diaryl/α,β-unsaturated/α-hetero) is 4. The Morgan fingerprint density at radius 2 is 0.662 bits per heavy atom. The van der Waals surface area contributed by atoms with E-state index >= 15 is 0 Å². The van der Waals surface area contributed by atoms with Gasteiger partial charge >= 0.3 is 0 Å². The molecule has 0 bridgehead atoms. The van der Waals surface area contributed by atoms with Gasteiger partial charge in [0.2, 0.25) is 0 Å². The molecule has 4 saturated heterocycles. The van der Waals surface area contributed by atoms with Gasteiger partial charge in [-0.25, -0.2) is 0 Å². The first-order valence-electron chi connectivity index (χ1n) is 54.2. The van der Waals surface area contributed by atoms with Crippen LogP contribution < -0.4 is 21.7 Å². The minimum absolute atomic E-state index is 0.0134. The van der Waals surface area contributed by atoms with Gasteiger partial charge in [-0.2, -0.15) is 25.7 Å². The fourth-order valence-corrected chi connectivity index (χ4v) is 32.4. The normalized spacial score (nSPS) is 32.3. The Labute approximate surface area is 872 Å². The first kappa shape index (κ1) is 107. The SMILES string of the molecule is CC1(C)[C@@H]2CC/C(=C\O)C(=O)[C@@]2(C)CCC12OCCO2.CC1(C)[C@@H]2CCC(C#N)C(=O)[C@@]2(C)CCC12OCCO2.Cn1nc2c(c1N)CC[C@H]1C(C)(C)C3(CC[C@]21C)OCCO3.Cn1nc2c(c1NC(=O)c1ccccc1)CC[C@H]1C(C)(C)C(=O)/C(=C\O)C[C@]21C.Cn1nc2c(c1NC(=O)c1ccccc1)CC[C@H]1C(C)(C)C(=O)CC[C@]21C.Cn1nc2c(c1NC(=O)c1ccccc1)CC[C@H]1C(C)(C)C3(CC[C@]21C)OCCO3. The number of nitrogens with zero attached hydrogens (tertiary/aromatic N) is 9. The fourth-order valence-electron chi connectivity index (χ4n) is 32.4. The first-order chi connectivity index (χ1) is 69.8. The number of hydrogen-bond acceptors (Lipinski definition) is 23. The number of carbonyl (C=O) groups is 7. The number of aromatic nitrogens is 8. The zero-order valence-electron chi connectivity index (χ0n) is 91.4. The largest absolute Gasteiger partial charge is 0.515 e. The van der Waals surface area contributed by atoms with E-state index in [1.807, 2.05) is 144 Å². The van der Waals surface area contributed by atoms with Crippen LogP contribution in [0.1, 0.15) is 323 Å².